The van der Waals surface area contributed by atoms with Gasteiger partial charge in [0, 0.05) is 11.7 Å². The monoisotopic (exact) mass is 476 g/mol. The number of ether oxygens (including phenoxy) is 1. The van der Waals surface area contributed by atoms with Crippen molar-refractivity contribution < 1.29 is 23.9 Å². The third kappa shape index (κ3) is 4.30. The van der Waals surface area contributed by atoms with Gasteiger partial charge in [-0.2, -0.15) is 0 Å². The summed E-state index contributed by atoms with van der Waals surface area (Å²) in [5.74, 6) is -2.27. The van der Waals surface area contributed by atoms with Gasteiger partial charge in [0.2, 0.25) is 0 Å². The first-order chi connectivity index (χ1) is 16.3. The molecule has 3 aromatic carbocycles. The average Bonchev–Trinajstić information content (AvgIpc) is 3.08. The Kier molecular flexibility index (Phi) is 6.47. The first kappa shape index (κ1) is 23.2. The SMILES string of the molecule is CC(C)N(C(=O)COC(=O)c1ccc2c(c1)C(=O)N(c1ccccc1Cl)C2=O)c1ccccc1. The molecule has 7 nitrogen and oxygen atoms in total. The van der Waals surface area contributed by atoms with Crippen molar-refractivity contribution >= 4 is 46.7 Å². The largest absolute Gasteiger partial charge is 0.452 e. The Hall–Kier alpha value is -3.97. The van der Waals surface area contributed by atoms with Crippen molar-refractivity contribution in [3.05, 3.63) is 94.5 Å². The minimum Gasteiger partial charge on any atom is -0.452 e. The zero-order valence-corrected chi connectivity index (χ0v) is 19.3. The first-order valence-corrected chi connectivity index (χ1v) is 11.0. The Morgan fingerprint density at radius 1 is 0.912 bits per heavy atom. The molecule has 0 radical (unpaired) electrons. The van der Waals surface area contributed by atoms with E-state index in [2.05, 4.69) is 0 Å². The molecule has 3 amide bonds. The number of para-hydroxylation sites is 2. The van der Waals surface area contributed by atoms with E-state index in [1.54, 1.807) is 41.3 Å². The molecule has 0 atom stereocenters. The standard InChI is InChI=1S/C26H21ClN2O5/c1-16(2)28(18-8-4-3-5-9-18)23(30)15-34-26(33)17-12-13-19-20(14-17)25(32)29(24(19)31)22-11-7-6-10-21(22)27/h3-14,16H,15H2,1-2H3. The van der Waals surface area contributed by atoms with E-state index in [4.69, 9.17) is 16.3 Å². The van der Waals surface area contributed by atoms with Gasteiger partial charge in [-0.25, -0.2) is 9.69 Å². The summed E-state index contributed by atoms with van der Waals surface area (Å²) in [6.07, 6.45) is 0. The molecule has 3 aromatic rings. The van der Waals surface area contributed by atoms with Gasteiger partial charge in [0.05, 0.1) is 27.4 Å². The minimum atomic E-state index is -0.774. The van der Waals surface area contributed by atoms with Crippen molar-refractivity contribution in [1.82, 2.24) is 0 Å². The number of fused-ring (bicyclic) bond motifs is 1. The van der Waals surface area contributed by atoms with Gasteiger partial charge in [0.15, 0.2) is 6.61 Å². The number of imide groups is 1. The van der Waals surface area contributed by atoms with Crippen molar-refractivity contribution in [1.29, 1.82) is 0 Å². The number of anilines is 2. The van der Waals surface area contributed by atoms with Crippen LogP contribution in [0.1, 0.15) is 44.9 Å². The highest BCUT2D eigenvalue weighted by Crippen LogP contribution is 2.33. The van der Waals surface area contributed by atoms with Crippen LogP contribution in [0.5, 0.6) is 0 Å². The molecule has 1 aliphatic heterocycles. The third-order valence-corrected chi connectivity index (χ3v) is 5.68. The zero-order valence-electron chi connectivity index (χ0n) is 18.5. The summed E-state index contributed by atoms with van der Waals surface area (Å²) in [6.45, 7) is 3.25. The van der Waals surface area contributed by atoms with E-state index in [9.17, 15) is 19.2 Å². The molecule has 0 fully saturated rings. The van der Waals surface area contributed by atoms with Crippen LogP contribution in [0.2, 0.25) is 5.02 Å². The highest BCUT2D eigenvalue weighted by molar-refractivity contribution is 6.39. The summed E-state index contributed by atoms with van der Waals surface area (Å²) in [6, 6.07) is 19.5. The number of esters is 1. The van der Waals surface area contributed by atoms with E-state index in [-0.39, 0.29) is 39.3 Å². The molecule has 0 saturated heterocycles. The Morgan fingerprint density at radius 2 is 1.56 bits per heavy atom. The van der Waals surface area contributed by atoms with Crippen LogP contribution >= 0.6 is 11.6 Å². The molecule has 0 bridgehead atoms. The van der Waals surface area contributed by atoms with Gasteiger partial charge in [0.25, 0.3) is 17.7 Å². The van der Waals surface area contributed by atoms with E-state index >= 15 is 0 Å². The molecule has 1 aliphatic rings. The molecule has 0 aliphatic carbocycles. The molecule has 172 valence electrons. The van der Waals surface area contributed by atoms with Gasteiger partial charge >= 0.3 is 5.97 Å². The lowest BCUT2D eigenvalue weighted by atomic mass is 10.1. The van der Waals surface area contributed by atoms with Crippen molar-refractivity contribution in [3.8, 4) is 0 Å². The molecular weight excluding hydrogens is 456 g/mol. The first-order valence-electron chi connectivity index (χ1n) is 10.6. The summed E-state index contributed by atoms with van der Waals surface area (Å²) in [7, 11) is 0. The van der Waals surface area contributed by atoms with Gasteiger partial charge in [-0.1, -0.05) is 41.9 Å². The number of rotatable bonds is 6. The summed E-state index contributed by atoms with van der Waals surface area (Å²) < 4.78 is 5.23. The Morgan fingerprint density at radius 3 is 2.24 bits per heavy atom. The smallest absolute Gasteiger partial charge is 0.338 e. The summed E-state index contributed by atoms with van der Waals surface area (Å²) in [5, 5.41) is 0.253. The third-order valence-electron chi connectivity index (χ3n) is 5.36. The number of hydrogen-bond donors (Lipinski definition) is 0. The van der Waals surface area contributed by atoms with Gasteiger partial charge in [-0.05, 0) is 56.3 Å². The highest BCUT2D eigenvalue weighted by atomic mass is 35.5. The number of halogens is 1. The number of hydrogen-bond acceptors (Lipinski definition) is 5. The maximum Gasteiger partial charge on any atom is 0.338 e. The quantitative estimate of drug-likeness (QED) is 0.379. The second kappa shape index (κ2) is 9.49. The van der Waals surface area contributed by atoms with Gasteiger partial charge in [-0.3, -0.25) is 14.4 Å². The Labute approximate surface area is 201 Å². The molecule has 0 saturated carbocycles. The van der Waals surface area contributed by atoms with Crippen LogP contribution in [0.3, 0.4) is 0 Å². The van der Waals surface area contributed by atoms with Crippen molar-refractivity contribution in [2.45, 2.75) is 19.9 Å². The van der Waals surface area contributed by atoms with E-state index in [0.717, 1.165) is 4.90 Å². The Balaban J connectivity index is 1.50. The fraction of sp³-hybridized carbons (Fsp3) is 0.154. The van der Waals surface area contributed by atoms with E-state index in [1.165, 1.54) is 18.2 Å². The van der Waals surface area contributed by atoms with Gasteiger partial charge in [-0.15, -0.1) is 0 Å². The van der Waals surface area contributed by atoms with Crippen LogP contribution in [0.4, 0.5) is 11.4 Å². The van der Waals surface area contributed by atoms with E-state index in [0.29, 0.717) is 5.69 Å². The maximum atomic E-state index is 13.0. The van der Waals surface area contributed by atoms with Gasteiger partial charge in [0.1, 0.15) is 0 Å². The minimum absolute atomic E-state index is 0.0597. The number of nitrogens with zero attached hydrogens (tertiary/aromatic N) is 2. The molecule has 1 heterocycles. The number of amides is 3. The fourth-order valence-corrected chi connectivity index (χ4v) is 4.04. The number of carbonyl (C=O) groups is 4. The van der Waals surface area contributed by atoms with E-state index in [1.807, 2.05) is 32.0 Å². The topological polar surface area (TPSA) is 84.0 Å². The lowest BCUT2D eigenvalue weighted by Crippen LogP contribution is -2.39. The Bertz CT molecular complexity index is 1290. The molecule has 0 unspecified atom stereocenters. The maximum absolute atomic E-state index is 13.0. The van der Waals surface area contributed by atoms with Crippen molar-refractivity contribution in [2.24, 2.45) is 0 Å². The molecule has 0 spiro atoms. The fourth-order valence-electron chi connectivity index (χ4n) is 3.82. The van der Waals surface area contributed by atoms with Crippen LogP contribution in [0, 0.1) is 0 Å². The van der Waals surface area contributed by atoms with E-state index < -0.39 is 24.4 Å². The lowest BCUT2D eigenvalue weighted by Gasteiger charge is -2.26. The normalized spacial score (nSPS) is 12.6. The van der Waals surface area contributed by atoms with Crippen LogP contribution < -0.4 is 9.80 Å². The number of carbonyl (C=O) groups excluding carboxylic acids is 4. The molecule has 0 N–H and O–H groups in total. The zero-order chi connectivity index (χ0) is 24.4. The number of benzene rings is 3. The summed E-state index contributed by atoms with van der Waals surface area (Å²) in [4.78, 5) is 53.7. The molecule has 34 heavy (non-hydrogen) atoms. The molecular formula is C26H21ClN2O5. The van der Waals surface area contributed by atoms with Crippen LogP contribution in [-0.4, -0.2) is 36.3 Å². The predicted octanol–water partition coefficient (Wildman–Crippen LogP) is 4.74. The van der Waals surface area contributed by atoms with Crippen LogP contribution in [0.15, 0.2) is 72.8 Å². The average molecular weight is 477 g/mol. The highest BCUT2D eigenvalue weighted by Gasteiger charge is 2.38. The second-order valence-electron chi connectivity index (χ2n) is 7.93. The van der Waals surface area contributed by atoms with Crippen molar-refractivity contribution in [3.63, 3.8) is 0 Å². The predicted molar refractivity (Wildman–Crippen MR) is 128 cm³/mol. The summed E-state index contributed by atoms with van der Waals surface area (Å²) >= 11 is 6.17. The van der Waals surface area contributed by atoms with Crippen molar-refractivity contribution in [2.75, 3.05) is 16.4 Å². The molecule has 4 rings (SSSR count). The molecule has 0 aromatic heterocycles. The molecule has 8 heteroatoms. The second-order valence-corrected chi connectivity index (χ2v) is 8.33. The van der Waals surface area contributed by atoms with Gasteiger partial charge < -0.3 is 9.64 Å². The lowest BCUT2D eigenvalue weighted by molar-refractivity contribution is -0.122. The van der Waals surface area contributed by atoms with Crippen LogP contribution in [-0.2, 0) is 9.53 Å². The summed E-state index contributed by atoms with van der Waals surface area (Å²) in [5.41, 5.74) is 1.25. The van der Waals surface area contributed by atoms with Crippen LogP contribution in [0.25, 0.3) is 0 Å².